The highest BCUT2D eigenvalue weighted by Crippen LogP contribution is 2.15. The van der Waals surface area contributed by atoms with Gasteiger partial charge >= 0.3 is 0 Å². The predicted octanol–water partition coefficient (Wildman–Crippen LogP) is 3.08. The van der Waals surface area contributed by atoms with Gasteiger partial charge in [0.1, 0.15) is 6.61 Å². The van der Waals surface area contributed by atoms with Gasteiger partial charge in [0, 0.05) is 36.8 Å². The fourth-order valence-corrected chi connectivity index (χ4v) is 2.87. The quantitative estimate of drug-likeness (QED) is 0.232. The second-order valence-corrected chi connectivity index (χ2v) is 6.29. The fraction of sp³-hybridized carbons (Fsp3) is 0.444. The number of hydrogen-bond donors (Lipinski definition) is 2. The molecule has 0 amide bonds. The lowest BCUT2D eigenvalue weighted by atomic mass is 10.3. The molecule has 0 saturated heterocycles. The Bertz CT molecular complexity index is 638. The van der Waals surface area contributed by atoms with E-state index < -0.39 is 0 Å². The molecule has 0 aliphatic carbocycles. The summed E-state index contributed by atoms with van der Waals surface area (Å²) in [5, 5.41) is 8.73. The van der Waals surface area contributed by atoms with E-state index in [1.165, 1.54) is 4.88 Å². The first-order valence-electron chi connectivity index (χ1n) is 8.43. The molecule has 0 radical (unpaired) electrons. The molecule has 144 valence electrons. The largest absolute Gasteiger partial charge is 0.475 e. The molecule has 0 aliphatic heterocycles. The van der Waals surface area contributed by atoms with Gasteiger partial charge in [0.15, 0.2) is 5.96 Å². The Morgan fingerprint density at radius 3 is 2.85 bits per heavy atom. The zero-order chi connectivity index (χ0) is 17.7. The molecule has 8 heteroatoms. The van der Waals surface area contributed by atoms with Gasteiger partial charge in [-0.25, -0.2) is 9.98 Å². The number of aliphatic imine (C=N–C) groups is 1. The number of pyridine rings is 1. The van der Waals surface area contributed by atoms with E-state index in [4.69, 9.17) is 9.47 Å². The van der Waals surface area contributed by atoms with Gasteiger partial charge in [-0.3, -0.25) is 0 Å². The van der Waals surface area contributed by atoms with Gasteiger partial charge in [-0.15, -0.1) is 35.3 Å². The van der Waals surface area contributed by atoms with Gasteiger partial charge in [0.25, 0.3) is 0 Å². The molecule has 26 heavy (non-hydrogen) atoms. The average molecular weight is 490 g/mol. The highest BCUT2D eigenvalue weighted by Gasteiger charge is 2.05. The molecular formula is C18H27IN4O2S. The van der Waals surface area contributed by atoms with Crippen LogP contribution in [0.3, 0.4) is 0 Å². The topological polar surface area (TPSA) is 67.8 Å². The molecule has 2 N–H and O–H groups in total. The Morgan fingerprint density at radius 2 is 2.12 bits per heavy atom. The maximum absolute atomic E-state index is 5.66. The Labute approximate surface area is 176 Å². The first-order valence-corrected chi connectivity index (χ1v) is 9.31. The first-order chi connectivity index (χ1) is 12.3. The smallest absolute Gasteiger partial charge is 0.218 e. The lowest BCUT2D eigenvalue weighted by Gasteiger charge is -2.12. The maximum Gasteiger partial charge on any atom is 0.218 e. The van der Waals surface area contributed by atoms with Crippen molar-refractivity contribution in [3.8, 4) is 5.88 Å². The number of nitrogens with one attached hydrogen (secondary N) is 2. The summed E-state index contributed by atoms with van der Waals surface area (Å²) >= 11 is 1.77. The molecular weight excluding hydrogens is 463 g/mol. The van der Waals surface area contributed by atoms with Crippen molar-refractivity contribution in [3.63, 3.8) is 0 Å². The van der Waals surface area contributed by atoms with E-state index in [0.717, 1.165) is 31.0 Å². The van der Waals surface area contributed by atoms with E-state index in [1.54, 1.807) is 24.6 Å². The summed E-state index contributed by atoms with van der Waals surface area (Å²) in [6, 6.07) is 8.10. The highest BCUT2D eigenvalue weighted by molar-refractivity contribution is 14.0. The van der Waals surface area contributed by atoms with Crippen LogP contribution >= 0.6 is 35.3 Å². The van der Waals surface area contributed by atoms with Crippen LogP contribution in [-0.4, -0.2) is 44.4 Å². The van der Waals surface area contributed by atoms with Crippen molar-refractivity contribution in [2.24, 2.45) is 4.99 Å². The summed E-state index contributed by atoms with van der Waals surface area (Å²) in [5.41, 5.74) is 0.953. The highest BCUT2D eigenvalue weighted by atomic mass is 127. The van der Waals surface area contributed by atoms with Gasteiger partial charge in [-0.2, -0.15) is 0 Å². The summed E-state index contributed by atoms with van der Waals surface area (Å²) < 4.78 is 10.7. The number of methoxy groups -OCH3 is 1. The van der Waals surface area contributed by atoms with Crippen LogP contribution in [0.15, 0.2) is 40.8 Å². The van der Waals surface area contributed by atoms with E-state index in [0.29, 0.717) is 25.6 Å². The van der Waals surface area contributed by atoms with Crippen LogP contribution in [-0.2, 0) is 17.7 Å². The molecule has 6 nitrogen and oxygen atoms in total. The van der Waals surface area contributed by atoms with Gasteiger partial charge in [-0.05, 0) is 30.9 Å². The van der Waals surface area contributed by atoms with Crippen molar-refractivity contribution >= 4 is 41.3 Å². The molecule has 0 aliphatic rings. The van der Waals surface area contributed by atoms with E-state index in [1.807, 2.05) is 12.1 Å². The SMILES string of the molecule is CCNC(=NCc1cccnc1OCCOC)NCCc1cccs1.I. The second kappa shape index (κ2) is 13.8. The fourth-order valence-electron chi connectivity index (χ4n) is 2.16. The zero-order valence-electron chi connectivity index (χ0n) is 15.2. The van der Waals surface area contributed by atoms with Crippen molar-refractivity contribution in [3.05, 3.63) is 46.3 Å². The lowest BCUT2D eigenvalue weighted by Crippen LogP contribution is -2.38. The molecule has 2 rings (SSSR count). The van der Waals surface area contributed by atoms with Gasteiger partial charge in [-0.1, -0.05) is 12.1 Å². The third-order valence-electron chi connectivity index (χ3n) is 3.37. The van der Waals surface area contributed by atoms with Crippen molar-refractivity contribution in [1.29, 1.82) is 0 Å². The number of rotatable bonds is 10. The summed E-state index contributed by atoms with van der Waals surface area (Å²) in [6.07, 6.45) is 2.71. The average Bonchev–Trinajstić information content (AvgIpc) is 3.14. The number of aromatic nitrogens is 1. The molecule has 0 bridgehead atoms. The second-order valence-electron chi connectivity index (χ2n) is 5.26. The van der Waals surface area contributed by atoms with Crippen LogP contribution in [0.5, 0.6) is 5.88 Å². The van der Waals surface area contributed by atoms with E-state index in [2.05, 4.69) is 45.0 Å². The van der Waals surface area contributed by atoms with Crippen LogP contribution in [0.25, 0.3) is 0 Å². The molecule has 0 aromatic carbocycles. The third kappa shape index (κ3) is 8.33. The van der Waals surface area contributed by atoms with Crippen molar-refractivity contribution in [1.82, 2.24) is 15.6 Å². The van der Waals surface area contributed by atoms with Crippen LogP contribution in [0.4, 0.5) is 0 Å². The molecule has 2 aromatic rings. The number of hydrogen-bond acceptors (Lipinski definition) is 5. The van der Waals surface area contributed by atoms with Crippen LogP contribution in [0.2, 0.25) is 0 Å². The Kier molecular flexibility index (Phi) is 12.0. The van der Waals surface area contributed by atoms with E-state index in [-0.39, 0.29) is 24.0 Å². The van der Waals surface area contributed by atoms with E-state index >= 15 is 0 Å². The summed E-state index contributed by atoms with van der Waals surface area (Å²) in [6.45, 7) is 5.23. The minimum atomic E-state index is 0. The minimum absolute atomic E-state index is 0. The summed E-state index contributed by atoms with van der Waals surface area (Å²) in [7, 11) is 1.65. The predicted molar refractivity (Wildman–Crippen MR) is 118 cm³/mol. The van der Waals surface area contributed by atoms with Crippen LogP contribution in [0, 0.1) is 0 Å². The standard InChI is InChI=1S/C18H26N4O2S.HI/c1-3-19-18(21-10-8-16-7-5-13-25-16)22-14-15-6-4-9-20-17(15)24-12-11-23-2;/h4-7,9,13H,3,8,10-12,14H2,1-2H3,(H2,19,21,22);1H. The Balaban J connectivity index is 0.00000338. The van der Waals surface area contributed by atoms with Crippen LogP contribution < -0.4 is 15.4 Å². The molecule has 2 heterocycles. The molecule has 0 unspecified atom stereocenters. The lowest BCUT2D eigenvalue weighted by molar-refractivity contribution is 0.143. The molecule has 0 fully saturated rings. The number of ether oxygens (including phenoxy) is 2. The number of halogens is 1. The number of guanidine groups is 1. The third-order valence-corrected chi connectivity index (χ3v) is 4.31. The zero-order valence-corrected chi connectivity index (χ0v) is 18.4. The maximum atomic E-state index is 5.66. The number of thiophene rings is 1. The van der Waals surface area contributed by atoms with Crippen molar-refractivity contribution in [2.45, 2.75) is 19.9 Å². The van der Waals surface area contributed by atoms with Gasteiger partial charge < -0.3 is 20.1 Å². The number of nitrogens with zero attached hydrogens (tertiary/aromatic N) is 2. The summed E-state index contributed by atoms with van der Waals surface area (Å²) in [4.78, 5) is 10.3. The molecule has 0 atom stereocenters. The Morgan fingerprint density at radius 1 is 1.23 bits per heavy atom. The van der Waals surface area contributed by atoms with Crippen LogP contribution in [0.1, 0.15) is 17.4 Å². The Hall–Kier alpha value is -1.39. The monoisotopic (exact) mass is 490 g/mol. The van der Waals surface area contributed by atoms with Gasteiger partial charge in [0.2, 0.25) is 5.88 Å². The minimum Gasteiger partial charge on any atom is -0.475 e. The van der Waals surface area contributed by atoms with E-state index in [9.17, 15) is 0 Å². The van der Waals surface area contributed by atoms with Crippen molar-refractivity contribution < 1.29 is 9.47 Å². The summed E-state index contributed by atoms with van der Waals surface area (Å²) in [5.74, 6) is 1.41. The molecule has 0 spiro atoms. The molecule has 0 saturated carbocycles. The normalized spacial score (nSPS) is 10.9. The molecule has 2 aromatic heterocycles. The first kappa shape index (κ1) is 22.7. The van der Waals surface area contributed by atoms with Crippen molar-refractivity contribution in [2.75, 3.05) is 33.4 Å². The van der Waals surface area contributed by atoms with Gasteiger partial charge in [0.05, 0.1) is 13.2 Å².